The molecule has 0 aliphatic carbocycles. The van der Waals surface area contributed by atoms with Crippen LogP contribution in [-0.4, -0.2) is 51.4 Å². The van der Waals surface area contributed by atoms with E-state index in [0.717, 1.165) is 11.1 Å². The van der Waals surface area contributed by atoms with Gasteiger partial charge in [-0.15, -0.1) is 0 Å². The third kappa shape index (κ3) is 3.01. The Hall–Kier alpha value is -2.35. The highest BCUT2D eigenvalue weighted by molar-refractivity contribution is 6.45. The second-order valence-corrected chi connectivity index (χ2v) is 7.03. The molecule has 140 valence electrons. The third-order valence-corrected chi connectivity index (χ3v) is 5.52. The molecule has 2 atom stereocenters. The molecule has 7 nitrogen and oxygen atoms in total. The van der Waals surface area contributed by atoms with Crippen LogP contribution in [0.3, 0.4) is 0 Å². The number of carbonyl (C=O) groups is 1. The number of aliphatic hydroxyl groups is 1. The maximum Gasteiger partial charge on any atom is 0.331 e. The number of nitrogens with zero attached hydrogens (tertiary/aromatic N) is 4. The van der Waals surface area contributed by atoms with Crippen LogP contribution in [0, 0.1) is 0 Å². The molecular weight excluding hydrogens is 391 g/mol. The Morgan fingerprint density at radius 2 is 2.19 bits per heavy atom. The fourth-order valence-corrected chi connectivity index (χ4v) is 3.76. The van der Waals surface area contributed by atoms with Crippen LogP contribution >= 0.6 is 23.2 Å². The molecule has 0 saturated carbocycles. The average molecular weight is 407 g/mol. The van der Waals surface area contributed by atoms with Crippen LogP contribution < -0.4 is 4.90 Å². The molecule has 1 saturated heterocycles. The molecule has 1 aromatic carbocycles. The van der Waals surface area contributed by atoms with Crippen LogP contribution in [-0.2, 0) is 9.53 Å². The predicted octanol–water partition coefficient (Wildman–Crippen LogP) is 2.84. The predicted molar refractivity (Wildman–Crippen MR) is 103 cm³/mol. The molecule has 0 amide bonds. The van der Waals surface area contributed by atoms with Gasteiger partial charge >= 0.3 is 5.97 Å². The van der Waals surface area contributed by atoms with E-state index < -0.39 is 18.1 Å². The van der Waals surface area contributed by atoms with Gasteiger partial charge in [-0.25, -0.2) is 14.8 Å². The van der Waals surface area contributed by atoms with Gasteiger partial charge in [0.2, 0.25) is 0 Å². The smallest absolute Gasteiger partial charge is 0.331 e. The molecule has 4 rings (SSSR count). The van der Waals surface area contributed by atoms with Crippen molar-refractivity contribution in [3.63, 3.8) is 0 Å². The number of ether oxygens (including phenoxy) is 1. The number of anilines is 1. The Morgan fingerprint density at radius 1 is 1.37 bits per heavy atom. The zero-order valence-corrected chi connectivity index (χ0v) is 15.9. The summed E-state index contributed by atoms with van der Waals surface area (Å²) in [5.41, 5.74) is 1.30. The van der Waals surface area contributed by atoms with Crippen LogP contribution in [0.15, 0.2) is 36.9 Å². The molecule has 0 unspecified atom stereocenters. The van der Waals surface area contributed by atoms with Crippen molar-refractivity contribution < 1.29 is 14.6 Å². The van der Waals surface area contributed by atoms with Crippen LogP contribution in [0.2, 0.25) is 10.0 Å². The molecule has 0 spiro atoms. The third-order valence-electron chi connectivity index (χ3n) is 4.72. The monoisotopic (exact) mass is 406 g/mol. The van der Waals surface area contributed by atoms with E-state index in [9.17, 15) is 9.90 Å². The minimum atomic E-state index is -0.832. The number of fused-ring (bicyclic) bond motifs is 1. The number of esters is 1. The van der Waals surface area contributed by atoms with Crippen molar-refractivity contribution in [3.8, 4) is 5.69 Å². The summed E-state index contributed by atoms with van der Waals surface area (Å²) in [5, 5.41) is 11.8. The Bertz CT molecular complexity index is 1010. The van der Waals surface area contributed by atoms with Gasteiger partial charge in [0.15, 0.2) is 6.04 Å². The van der Waals surface area contributed by atoms with Gasteiger partial charge in [0, 0.05) is 30.4 Å². The summed E-state index contributed by atoms with van der Waals surface area (Å²) < 4.78 is 6.69. The lowest BCUT2D eigenvalue weighted by Crippen LogP contribution is -2.43. The van der Waals surface area contributed by atoms with Crippen LogP contribution in [0.25, 0.3) is 16.6 Å². The molecule has 1 aliphatic heterocycles. The minimum Gasteiger partial charge on any atom is -0.467 e. The van der Waals surface area contributed by atoms with Crippen molar-refractivity contribution in [2.75, 3.05) is 18.6 Å². The lowest BCUT2D eigenvalue weighted by molar-refractivity contribution is -0.144. The molecule has 3 aromatic rings. The Morgan fingerprint density at radius 3 is 2.89 bits per heavy atom. The average Bonchev–Trinajstić information content (AvgIpc) is 3.33. The number of halogens is 2. The fraction of sp³-hybridized carbons (Fsp3) is 0.278. The van der Waals surface area contributed by atoms with Gasteiger partial charge in [-0.1, -0.05) is 23.2 Å². The molecular formula is C18H16Cl2N4O3. The number of methoxy groups -OCH3 is 1. The number of aromatic nitrogens is 3. The quantitative estimate of drug-likeness (QED) is 0.673. The molecule has 0 bridgehead atoms. The minimum absolute atomic E-state index is 0.326. The number of rotatable bonds is 3. The zero-order valence-electron chi connectivity index (χ0n) is 14.3. The molecule has 27 heavy (non-hydrogen) atoms. The number of aliphatic hydroxyl groups excluding tert-OH is 1. The van der Waals surface area contributed by atoms with Gasteiger partial charge in [-0.3, -0.25) is 0 Å². The molecule has 1 N–H and O–H groups in total. The van der Waals surface area contributed by atoms with Crippen molar-refractivity contribution in [2.24, 2.45) is 0 Å². The summed E-state index contributed by atoms with van der Waals surface area (Å²) in [6.45, 7) is 0.459. The normalized spacial score (nSPS) is 19.6. The summed E-state index contributed by atoms with van der Waals surface area (Å²) in [4.78, 5) is 22.7. The van der Waals surface area contributed by atoms with Gasteiger partial charge < -0.3 is 19.3 Å². The fourth-order valence-electron chi connectivity index (χ4n) is 3.40. The molecule has 3 heterocycles. The van der Waals surface area contributed by atoms with E-state index >= 15 is 0 Å². The molecule has 9 heteroatoms. The number of benzene rings is 1. The first-order chi connectivity index (χ1) is 13.0. The molecule has 1 aliphatic rings. The van der Waals surface area contributed by atoms with E-state index in [1.165, 1.54) is 7.11 Å². The summed E-state index contributed by atoms with van der Waals surface area (Å²) in [6.07, 6.45) is 4.74. The molecule has 1 fully saturated rings. The molecule has 0 radical (unpaired) electrons. The lowest BCUT2D eigenvalue weighted by Gasteiger charge is -2.26. The summed E-state index contributed by atoms with van der Waals surface area (Å²) >= 11 is 12.6. The zero-order chi connectivity index (χ0) is 19.1. The van der Waals surface area contributed by atoms with Gasteiger partial charge in [0.05, 0.1) is 40.8 Å². The number of pyridine rings is 1. The van der Waals surface area contributed by atoms with Crippen molar-refractivity contribution in [1.29, 1.82) is 0 Å². The number of carbonyl (C=O) groups excluding carboxylic acids is 1. The topological polar surface area (TPSA) is 80.5 Å². The SMILES string of the molecule is COC(=O)[C@@H]1[C@@H](O)CCN1c1cc(-n2ccnc2)c2ccc(Cl)c(Cl)c2n1. The number of hydrogen-bond acceptors (Lipinski definition) is 6. The van der Waals surface area contributed by atoms with Gasteiger partial charge in [0.25, 0.3) is 0 Å². The van der Waals surface area contributed by atoms with Crippen molar-refractivity contribution >= 4 is 45.9 Å². The number of hydrogen-bond donors (Lipinski definition) is 1. The number of imidazole rings is 1. The van der Waals surface area contributed by atoms with Gasteiger partial charge in [0.1, 0.15) is 5.82 Å². The maximum absolute atomic E-state index is 12.2. The van der Waals surface area contributed by atoms with Crippen molar-refractivity contribution in [1.82, 2.24) is 14.5 Å². The van der Waals surface area contributed by atoms with E-state index in [2.05, 4.69) is 9.97 Å². The first-order valence-corrected chi connectivity index (χ1v) is 9.06. The lowest BCUT2D eigenvalue weighted by atomic mass is 10.1. The van der Waals surface area contributed by atoms with Crippen molar-refractivity contribution in [3.05, 3.63) is 47.0 Å². The van der Waals surface area contributed by atoms with E-state index in [1.807, 2.05) is 16.7 Å². The highest BCUT2D eigenvalue weighted by Crippen LogP contribution is 2.36. The van der Waals surface area contributed by atoms with Crippen LogP contribution in [0.5, 0.6) is 0 Å². The van der Waals surface area contributed by atoms with Crippen molar-refractivity contribution in [2.45, 2.75) is 18.6 Å². The second kappa shape index (κ2) is 6.99. The second-order valence-electron chi connectivity index (χ2n) is 6.24. The van der Waals surface area contributed by atoms with E-state index in [-0.39, 0.29) is 0 Å². The summed E-state index contributed by atoms with van der Waals surface area (Å²) in [5.74, 6) is -0.00872. The summed E-state index contributed by atoms with van der Waals surface area (Å²) in [7, 11) is 1.30. The standard InChI is InChI=1S/C18H16Cl2N4O3/c1-27-18(26)17-13(25)4-6-24(17)14-8-12(23-7-5-21-9-23)10-2-3-11(19)15(20)16(10)22-14/h2-3,5,7-9,13,17,25H,4,6H2,1H3/t13-,17-/m0/s1. The first-order valence-electron chi connectivity index (χ1n) is 8.31. The van der Waals surface area contributed by atoms with E-state index in [4.69, 9.17) is 27.9 Å². The summed E-state index contributed by atoms with van der Waals surface area (Å²) in [6, 6.07) is 4.56. The maximum atomic E-state index is 12.2. The van der Waals surface area contributed by atoms with Gasteiger partial charge in [-0.2, -0.15) is 0 Å². The van der Waals surface area contributed by atoms with Crippen LogP contribution in [0.1, 0.15) is 6.42 Å². The van der Waals surface area contributed by atoms with E-state index in [0.29, 0.717) is 34.3 Å². The highest BCUT2D eigenvalue weighted by Gasteiger charge is 2.40. The van der Waals surface area contributed by atoms with Gasteiger partial charge in [-0.05, 0) is 18.6 Å². The Balaban J connectivity index is 1.94. The Labute approximate surface area is 165 Å². The Kier molecular flexibility index (Phi) is 4.67. The highest BCUT2D eigenvalue weighted by atomic mass is 35.5. The molecule has 2 aromatic heterocycles. The largest absolute Gasteiger partial charge is 0.467 e. The van der Waals surface area contributed by atoms with Crippen LogP contribution in [0.4, 0.5) is 5.82 Å². The van der Waals surface area contributed by atoms with E-state index in [1.54, 1.807) is 29.7 Å². The first kappa shape index (κ1) is 18.0.